The Morgan fingerprint density at radius 3 is 2.53 bits per heavy atom. The highest BCUT2D eigenvalue weighted by atomic mass is 79.9. The average molecular weight is 538 g/mol. The lowest BCUT2D eigenvalue weighted by Crippen LogP contribution is -2.12. The highest BCUT2D eigenvalue weighted by molar-refractivity contribution is 9.10. The fourth-order valence-corrected chi connectivity index (χ4v) is 3.98. The lowest BCUT2D eigenvalue weighted by atomic mass is 10.1. The van der Waals surface area contributed by atoms with Crippen molar-refractivity contribution in [3.8, 4) is 11.5 Å². The molecule has 10 heteroatoms. The summed E-state index contributed by atoms with van der Waals surface area (Å²) in [6.45, 7) is -0.0704. The highest BCUT2D eigenvalue weighted by Gasteiger charge is 2.34. The van der Waals surface area contributed by atoms with Gasteiger partial charge in [-0.15, -0.1) is 0 Å². The molecule has 0 atom stereocenters. The van der Waals surface area contributed by atoms with E-state index in [1.807, 2.05) is 4.57 Å². The van der Waals surface area contributed by atoms with Gasteiger partial charge in [0, 0.05) is 32.7 Å². The van der Waals surface area contributed by atoms with Crippen LogP contribution in [0.15, 0.2) is 71.3 Å². The van der Waals surface area contributed by atoms with E-state index in [0.717, 1.165) is 27.5 Å². The second kappa shape index (κ2) is 9.38. The first-order valence-electron chi connectivity index (χ1n) is 9.86. The molecule has 4 rings (SSSR count). The molecule has 0 aliphatic carbocycles. The van der Waals surface area contributed by atoms with Crippen LogP contribution in [0.25, 0.3) is 10.9 Å². The summed E-state index contributed by atoms with van der Waals surface area (Å²) in [5.74, 6) is -0.422. The summed E-state index contributed by atoms with van der Waals surface area (Å²) in [6.07, 6.45) is -4.33. The standard InChI is InChI=1S/C24H16BrF4NO4/c25-17-2-6-22(33-13-15-1-3-18(26)11-20(15)24(27,28)29)16(9-17)12-30-8-7-14-10-19(34-23(31)32)4-5-21(14)30/h1-11H,12-13H2,(H,31,32). The van der Waals surface area contributed by atoms with Gasteiger partial charge in [0.1, 0.15) is 23.9 Å². The molecule has 1 N–H and O–H groups in total. The zero-order valence-corrected chi connectivity index (χ0v) is 18.9. The summed E-state index contributed by atoms with van der Waals surface area (Å²) in [6, 6.07) is 14.2. The van der Waals surface area contributed by atoms with Crippen LogP contribution in [-0.2, 0) is 19.3 Å². The molecule has 0 fully saturated rings. The fraction of sp³-hybridized carbons (Fsp3) is 0.125. The predicted molar refractivity (Wildman–Crippen MR) is 120 cm³/mol. The molecule has 0 aliphatic heterocycles. The van der Waals surface area contributed by atoms with E-state index in [1.54, 1.807) is 42.6 Å². The zero-order valence-electron chi connectivity index (χ0n) is 17.3. The molecule has 3 aromatic carbocycles. The molecule has 34 heavy (non-hydrogen) atoms. The molecule has 0 spiro atoms. The zero-order chi connectivity index (χ0) is 24.5. The second-order valence-corrected chi connectivity index (χ2v) is 8.29. The van der Waals surface area contributed by atoms with Crippen LogP contribution in [0.2, 0.25) is 0 Å². The molecule has 0 aliphatic rings. The minimum absolute atomic E-state index is 0.180. The van der Waals surface area contributed by atoms with Crippen molar-refractivity contribution in [1.29, 1.82) is 0 Å². The van der Waals surface area contributed by atoms with Crippen LogP contribution in [0.5, 0.6) is 11.5 Å². The van der Waals surface area contributed by atoms with Crippen molar-refractivity contribution < 1.29 is 36.9 Å². The number of carboxylic acid groups (broad SMARTS) is 1. The lowest BCUT2D eigenvalue weighted by molar-refractivity contribution is -0.138. The van der Waals surface area contributed by atoms with E-state index in [0.29, 0.717) is 23.9 Å². The third kappa shape index (κ3) is 5.33. The third-order valence-electron chi connectivity index (χ3n) is 5.07. The number of rotatable bonds is 6. The van der Waals surface area contributed by atoms with E-state index in [-0.39, 0.29) is 11.3 Å². The van der Waals surface area contributed by atoms with Gasteiger partial charge in [-0.2, -0.15) is 13.2 Å². The molecule has 1 heterocycles. The van der Waals surface area contributed by atoms with Gasteiger partial charge in [-0.05, 0) is 54.6 Å². The molecule has 0 bridgehead atoms. The molecule has 0 unspecified atom stereocenters. The first-order chi connectivity index (χ1) is 16.1. The minimum atomic E-state index is -4.71. The quantitative estimate of drug-likeness (QED) is 0.160. The Morgan fingerprint density at radius 1 is 1.00 bits per heavy atom. The summed E-state index contributed by atoms with van der Waals surface area (Å²) < 4.78 is 66.4. The number of ether oxygens (including phenoxy) is 2. The third-order valence-corrected chi connectivity index (χ3v) is 5.56. The Balaban J connectivity index is 1.60. The largest absolute Gasteiger partial charge is 0.511 e. The van der Waals surface area contributed by atoms with Crippen molar-refractivity contribution in [1.82, 2.24) is 4.57 Å². The lowest BCUT2D eigenvalue weighted by Gasteiger charge is -2.16. The first-order valence-corrected chi connectivity index (χ1v) is 10.7. The van der Waals surface area contributed by atoms with Gasteiger partial charge in [-0.3, -0.25) is 0 Å². The summed E-state index contributed by atoms with van der Waals surface area (Å²) in [5.41, 5.74) is 0.219. The molecule has 1 aromatic heterocycles. The summed E-state index contributed by atoms with van der Waals surface area (Å²) >= 11 is 3.40. The number of nitrogens with zero attached hydrogens (tertiary/aromatic N) is 1. The van der Waals surface area contributed by atoms with Gasteiger partial charge in [-0.25, -0.2) is 9.18 Å². The molecular weight excluding hydrogens is 522 g/mol. The number of benzene rings is 3. The van der Waals surface area contributed by atoms with Crippen LogP contribution in [0.3, 0.4) is 0 Å². The molecule has 0 radical (unpaired) electrons. The normalized spacial score (nSPS) is 11.6. The Hall–Kier alpha value is -3.53. The van der Waals surface area contributed by atoms with Crippen molar-refractivity contribution in [3.05, 3.63) is 93.8 Å². The van der Waals surface area contributed by atoms with Gasteiger partial charge in [0.25, 0.3) is 0 Å². The Morgan fingerprint density at radius 2 is 1.79 bits per heavy atom. The molecule has 176 valence electrons. The van der Waals surface area contributed by atoms with Crippen LogP contribution in [0.4, 0.5) is 22.4 Å². The Kier molecular flexibility index (Phi) is 6.52. The van der Waals surface area contributed by atoms with Crippen molar-refractivity contribution in [3.63, 3.8) is 0 Å². The van der Waals surface area contributed by atoms with Gasteiger partial charge in [0.2, 0.25) is 0 Å². The Bertz CT molecular complexity index is 1370. The molecule has 5 nitrogen and oxygen atoms in total. The second-order valence-electron chi connectivity index (χ2n) is 7.37. The molecule has 0 saturated heterocycles. The SMILES string of the molecule is O=C(O)Oc1ccc2c(ccn2Cc2cc(Br)ccc2OCc2ccc(F)cc2C(F)(F)F)c1. The van der Waals surface area contributed by atoms with Crippen LogP contribution in [-0.4, -0.2) is 15.8 Å². The van der Waals surface area contributed by atoms with E-state index in [4.69, 9.17) is 9.84 Å². The van der Waals surface area contributed by atoms with Gasteiger partial charge < -0.3 is 19.1 Å². The number of hydrogen-bond acceptors (Lipinski definition) is 3. The average Bonchev–Trinajstić information content (AvgIpc) is 3.14. The van der Waals surface area contributed by atoms with Gasteiger partial charge in [-0.1, -0.05) is 22.0 Å². The minimum Gasteiger partial charge on any atom is -0.489 e. The van der Waals surface area contributed by atoms with Crippen molar-refractivity contribution in [2.75, 3.05) is 0 Å². The number of fused-ring (bicyclic) bond motifs is 1. The Labute approximate surface area is 199 Å². The monoisotopic (exact) mass is 537 g/mol. The molecule has 0 amide bonds. The maximum atomic E-state index is 13.4. The van der Waals surface area contributed by atoms with Crippen LogP contribution in [0.1, 0.15) is 16.7 Å². The van der Waals surface area contributed by atoms with E-state index >= 15 is 0 Å². The number of alkyl halides is 3. The smallest absolute Gasteiger partial charge is 0.489 e. The maximum absolute atomic E-state index is 13.4. The van der Waals surface area contributed by atoms with Crippen LogP contribution < -0.4 is 9.47 Å². The number of halogens is 5. The summed E-state index contributed by atoms with van der Waals surface area (Å²) in [5, 5.41) is 9.52. The van der Waals surface area contributed by atoms with Crippen LogP contribution >= 0.6 is 15.9 Å². The molecule has 0 saturated carbocycles. The van der Waals surface area contributed by atoms with Crippen LogP contribution in [0, 0.1) is 5.82 Å². The first kappa shape index (κ1) is 23.6. The highest BCUT2D eigenvalue weighted by Crippen LogP contribution is 2.34. The molecule has 4 aromatic rings. The fourth-order valence-electron chi connectivity index (χ4n) is 3.57. The van der Waals surface area contributed by atoms with E-state index in [1.165, 1.54) is 6.07 Å². The van der Waals surface area contributed by atoms with E-state index in [2.05, 4.69) is 20.7 Å². The number of aromatic nitrogens is 1. The van der Waals surface area contributed by atoms with E-state index in [9.17, 15) is 22.4 Å². The number of carbonyl (C=O) groups is 1. The van der Waals surface area contributed by atoms with Crippen molar-refractivity contribution >= 4 is 33.0 Å². The summed E-state index contributed by atoms with van der Waals surface area (Å²) in [7, 11) is 0. The van der Waals surface area contributed by atoms with E-state index < -0.39 is 30.3 Å². The molecular formula is C24H16BrF4NO4. The topological polar surface area (TPSA) is 60.7 Å². The number of hydrogen-bond donors (Lipinski definition) is 1. The summed E-state index contributed by atoms with van der Waals surface area (Å²) in [4.78, 5) is 10.8. The predicted octanol–water partition coefficient (Wildman–Crippen LogP) is 7.25. The van der Waals surface area contributed by atoms with Gasteiger partial charge in [0.15, 0.2) is 0 Å². The van der Waals surface area contributed by atoms with Crippen molar-refractivity contribution in [2.45, 2.75) is 19.3 Å². The maximum Gasteiger partial charge on any atom is 0.511 e. The van der Waals surface area contributed by atoms with Gasteiger partial charge >= 0.3 is 12.3 Å². The van der Waals surface area contributed by atoms with Gasteiger partial charge in [0.05, 0.1) is 12.1 Å². The van der Waals surface area contributed by atoms with Crippen molar-refractivity contribution in [2.24, 2.45) is 0 Å².